The van der Waals surface area contributed by atoms with Crippen LogP contribution in [0.15, 0.2) is 12.4 Å². The molecule has 0 aromatic carbocycles. The molecule has 3 N–H and O–H groups in total. The molecule has 2 amide bonds. The lowest BCUT2D eigenvalue weighted by atomic mass is 9.80. The van der Waals surface area contributed by atoms with Crippen LogP contribution in [0.4, 0.5) is 0 Å². The number of rotatable bonds is 6. The minimum atomic E-state index is -0.885. The number of nitrogens with zero attached hydrogens (tertiary/aromatic N) is 4. The van der Waals surface area contributed by atoms with Gasteiger partial charge in [-0.25, -0.2) is 4.98 Å². The van der Waals surface area contributed by atoms with Crippen molar-refractivity contribution in [3.05, 3.63) is 23.8 Å². The van der Waals surface area contributed by atoms with Gasteiger partial charge in [0.2, 0.25) is 5.91 Å². The van der Waals surface area contributed by atoms with Gasteiger partial charge in [-0.3, -0.25) is 14.6 Å². The first-order valence-electron chi connectivity index (χ1n) is 10.5. The summed E-state index contributed by atoms with van der Waals surface area (Å²) in [6.45, 7) is 1.50. The van der Waals surface area contributed by atoms with Crippen LogP contribution in [-0.4, -0.2) is 52.4 Å². The van der Waals surface area contributed by atoms with Crippen LogP contribution in [-0.2, 0) is 4.79 Å². The maximum Gasteiger partial charge on any atom is 0.269 e. The Balaban J connectivity index is 1.87. The molecule has 1 aromatic rings. The van der Waals surface area contributed by atoms with Crippen molar-refractivity contribution in [2.45, 2.75) is 62.8 Å². The predicted octanol–water partition coefficient (Wildman–Crippen LogP) is 1.73. The van der Waals surface area contributed by atoms with E-state index in [0.29, 0.717) is 30.9 Å². The van der Waals surface area contributed by atoms with Crippen LogP contribution in [0.2, 0.25) is 0 Å². The van der Waals surface area contributed by atoms with Crippen LogP contribution >= 0.6 is 0 Å². The number of piperidine rings is 1. The molecule has 29 heavy (non-hydrogen) atoms. The number of aromatic nitrogens is 2. The first-order chi connectivity index (χ1) is 13.9. The van der Waals surface area contributed by atoms with Gasteiger partial charge < -0.3 is 16.0 Å². The zero-order chi connectivity index (χ0) is 20.9. The highest BCUT2D eigenvalue weighted by Gasteiger charge is 2.39. The van der Waals surface area contributed by atoms with Crippen molar-refractivity contribution >= 4 is 11.8 Å². The Kier molecular flexibility index (Phi) is 6.80. The molecule has 0 bridgehead atoms. The molecule has 1 atom stereocenters. The van der Waals surface area contributed by atoms with E-state index in [2.05, 4.69) is 26.3 Å². The third kappa shape index (κ3) is 5.10. The van der Waals surface area contributed by atoms with Crippen molar-refractivity contribution < 1.29 is 9.59 Å². The van der Waals surface area contributed by atoms with Crippen LogP contribution in [0.3, 0.4) is 0 Å². The molecular formula is C21H30N6O2. The number of carbonyl (C=O) groups is 2. The predicted molar refractivity (Wildman–Crippen MR) is 108 cm³/mol. The fourth-order valence-corrected chi connectivity index (χ4v) is 4.48. The summed E-state index contributed by atoms with van der Waals surface area (Å²) in [7, 11) is 2.01. The molecule has 1 saturated heterocycles. The van der Waals surface area contributed by atoms with Crippen molar-refractivity contribution in [2.24, 2.45) is 11.7 Å². The van der Waals surface area contributed by atoms with Crippen LogP contribution < -0.4 is 11.1 Å². The number of hydrogen-bond donors (Lipinski definition) is 2. The maximum atomic E-state index is 13.4. The molecule has 2 heterocycles. The first kappa shape index (κ1) is 21.2. The van der Waals surface area contributed by atoms with Crippen molar-refractivity contribution in [2.75, 3.05) is 20.1 Å². The quantitative estimate of drug-likeness (QED) is 0.752. The molecule has 1 saturated carbocycles. The minimum absolute atomic E-state index is 0.0397. The second kappa shape index (κ2) is 9.31. The standard InChI is InChI=1S/C21H30N6O2/c1-27-11-7-21(14-22,8-12-27)26-20(29)16(13-15-5-3-2-4-6-15)17-18(19(23)28)25-10-9-24-17/h9-10,15-16H,2-8,11-13H2,1H3,(H2,23,28)(H,26,29). The summed E-state index contributed by atoms with van der Waals surface area (Å²) in [5.41, 5.74) is 4.98. The Morgan fingerprint density at radius 3 is 2.55 bits per heavy atom. The molecule has 2 aliphatic rings. The van der Waals surface area contributed by atoms with Crippen LogP contribution in [0.25, 0.3) is 0 Å². The first-order valence-corrected chi connectivity index (χ1v) is 10.5. The lowest BCUT2D eigenvalue weighted by Gasteiger charge is -2.37. The Bertz CT molecular complexity index is 776. The molecule has 1 unspecified atom stereocenters. The summed E-state index contributed by atoms with van der Waals surface area (Å²) in [4.78, 5) is 35.9. The van der Waals surface area contributed by atoms with E-state index in [0.717, 1.165) is 38.8 Å². The molecule has 2 fully saturated rings. The number of nitrogens with two attached hydrogens (primary N) is 1. The van der Waals surface area contributed by atoms with Gasteiger partial charge in [-0.1, -0.05) is 32.1 Å². The van der Waals surface area contributed by atoms with Crippen molar-refractivity contribution in [3.63, 3.8) is 0 Å². The molecule has 8 nitrogen and oxygen atoms in total. The third-order valence-electron chi connectivity index (χ3n) is 6.32. The fraction of sp³-hybridized carbons (Fsp3) is 0.667. The Morgan fingerprint density at radius 2 is 1.93 bits per heavy atom. The van der Waals surface area contributed by atoms with Gasteiger partial charge in [0.1, 0.15) is 11.2 Å². The van der Waals surface area contributed by atoms with Gasteiger partial charge in [-0.2, -0.15) is 5.26 Å². The summed E-state index contributed by atoms with van der Waals surface area (Å²) >= 11 is 0. The monoisotopic (exact) mass is 398 g/mol. The molecule has 1 aromatic heterocycles. The van der Waals surface area contributed by atoms with Gasteiger partial charge >= 0.3 is 0 Å². The van der Waals surface area contributed by atoms with E-state index >= 15 is 0 Å². The zero-order valence-corrected chi connectivity index (χ0v) is 17.1. The highest BCUT2D eigenvalue weighted by Crippen LogP contribution is 2.34. The van der Waals surface area contributed by atoms with Gasteiger partial charge in [0, 0.05) is 25.5 Å². The molecular weight excluding hydrogens is 368 g/mol. The highest BCUT2D eigenvalue weighted by molar-refractivity contribution is 5.94. The molecule has 0 radical (unpaired) electrons. The van der Waals surface area contributed by atoms with Crippen molar-refractivity contribution in [1.29, 1.82) is 5.26 Å². The second-order valence-corrected chi connectivity index (χ2v) is 8.43. The maximum absolute atomic E-state index is 13.4. The van der Waals surface area contributed by atoms with E-state index in [1.807, 2.05) is 7.05 Å². The van der Waals surface area contributed by atoms with Crippen LogP contribution in [0.1, 0.15) is 73.5 Å². The van der Waals surface area contributed by atoms with E-state index < -0.39 is 17.4 Å². The van der Waals surface area contributed by atoms with Crippen LogP contribution in [0.5, 0.6) is 0 Å². The normalized spacial score (nSPS) is 21.1. The van der Waals surface area contributed by atoms with Gasteiger partial charge in [0.25, 0.3) is 5.91 Å². The summed E-state index contributed by atoms with van der Waals surface area (Å²) < 4.78 is 0. The topological polar surface area (TPSA) is 125 Å². The number of likely N-dealkylation sites (tertiary alicyclic amines) is 1. The van der Waals surface area contributed by atoms with Crippen molar-refractivity contribution in [3.8, 4) is 6.07 Å². The zero-order valence-electron chi connectivity index (χ0n) is 17.1. The Morgan fingerprint density at radius 1 is 1.28 bits per heavy atom. The Labute approximate surface area is 171 Å². The van der Waals surface area contributed by atoms with Gasteiger partial charge in [-0.15, -0.1) is 0 Å². The largest absolute Gasteiger partial charge is 0.364 e. The molecule has 156 valence electrons. The molecule has 8 heteroatoms. The lowest BCUT2D eigenvalue weighted by Crippen LogP contribution is -2.55. The smallest absolute Gasteiger partial charge is 0.269 e. The number of primary amides is 1. The molecule has 3 rings (SSSR count). The average Bonchev–Trinajstić information content (AvgIpc) is 2.74. The van der Waals surface area contributed by atoms with Gasteiger partial charge in [-0.05, 0) is 32.2 Å². The minimum Gasteiger partial charge on any atom is -0.364 e. The fourth-order valence-electron chi connectivity index (χ4n) is 4.48. The van der Waals surface area contributed by atoms with E-state index in [-0.39, 0.29) is 11.6 Å². The number of nitriles is 1. The number of hydrogen-bond acceptors (Lipinski definition) is 6. The number of nitrogens with one attached hydrogen (secondary N) is 1. The number of carbonyl (C=O) groups excluding carboxylic acids is 2. The third-order valence-corrected chi connectivity index (χ3v) is 6.32. The summed E-state index contributed by atoms with van der Waals surface area (Å²) in [6, 6.07) is 2.33. The van der Waals surface area contributed by atoms with Crippen molar-refractivity contribution in [1.82, 2.24) is 20.2 Å². The van der Waals surface area contributed by atoms with Gasteiger partial charge in [0.15, 0.2) is 0 Å². The molecule has 1 aliphatic heterocycles. The SMILES string of the molecule is CN1CCC(C#N)(NC(=O)C(CC2CCCCC2)c2nccnc2C(N)=O)CC1. The van der Waals surface area contributed by atoms with Gasteiger partial charge in [0.05, 0.1) is 17.7 Å². The van der Waals surface area contributed by atoms with E-state index in [1.54, 1.807) is 0 Å². The average molecular weight is 399 g/mol. The second-order valence-electron chi connectivity index (χ2n) is 8.43. The molecule has 0 spiro atoms. The van der Waals surface area contributed by atoms with E-state index in [1.165, 1.54) is 18.8 Å². The van der Waals surface area contributed by atoms with E-state index in [4.69, 9.17) is 5.73 Å². The lowest BCUT2D eigenvalue weighted by molar-refractivity contribution is -0.125. The summed E-state index contributed by atoms with van der Waals surface area (Å²) in [5.74, 6) is -1.20. The summed E-state index contributed by atoms with van der Waals surface area (Å²) in [5, 5.41) is 12.8. The number of amides is 2. The summed E-state index contributed by atoms with van der Waals surface area (Å²) in [6.07, 6.45) is 10.3. The molecule has 1 aliphatic carbocycles. The Hall–Kier alpha value is -2.53. The van der Waals surface area contributed by atoms with E-state index in [9.17, 15) is 14.9 Å². The van der Waals surface area contributed by atoms with Crippen LogP contribution in [0, 0.1) is 17.2 Å². The highest BCUT2D eigenvalue weighted by atomic mass is 16.2.